The van der Waals surface area contributed by atoms with Gasteiger partial charge >= 0.3 is 6.18 Å². The summed E-state index contributed by atoms with van der Waals surface area (Å²) in [6.45, 7) is 7.51. The number of rotatable bonds is 8. The maximum absolute atomic E-state index is 13.7. The van der Waals surface area contributed by atoms with Gasteiger partial charge in [0.15, 0.2) is 15.7 Å². The van der Waals surface area contributed by atoms with Gasteiger partial charge in [-0.15, -0.1) is 0 Å². The quantitative estimate of drug-likeness (QED) is 0.275. The van der Waals surface area contributed by atoms with Gasteiger partial charge in [0.1, 0.15) is 11.3 Å². The lowest BCUT2D eigenvalue weighted by atomic mass is 10.1. The molecule has 0 amide bonds. The van der Waals surface area contributed by atoms with Crippen LogP contribution in [0.4, 0.5) is 24.7 Å². The number of pyridine rings is 2. The number of sulfone groups is 1. The van der Waals surface area contributed by atoms with Crippen LogP contribution in [0.15, 0.2) is 59.8 Å². The van der Waals surface area contributed by atoms with Crippen LogP contribution in [0.3, 0.4) is 0 Å². The van der Waals surface area contributed by atoms with E-state index < -0.39 is 21.6 Å². The number of hydrogen-bond acceptors (Lipinski definition) is 9. The Morgan fingerprint density at radius 3 is 2.43 bits per heavy atom. The highest BCUT2D eigenvalue weighted by molar-refractivity contribution is 7.91. The second-order valence-corrected chi connectivity index (χ2v) is 12.5. The molecule has 5 rings (SSSR count). The Bertz CT molecular complexity index is 1670. The summed E-state index contributed by atoms with van der Waals surface area (Å²) in [6, 6.07) is 10.1. The maximum atomic E-state index is 13.7. The van der Waals surface area contributed by atoms with Crippen molar-refractivity contribution in [1.29, 1.82) is 0 Å². The molecule has 1 aliphatic heterocycles. The molecule has 1 aliphatic rings. The van der Waals surface area contributed by atoms with E-state index in [0.717, 1.165) is 6.07 Å². The number of alkyl halides is 3. The number of halogens is 3. The number of nitrogens with zero attached hydrogens (tertiary/aromatic N) is 5. The molecule has 13 heteroatoms. The molecule has 0 aliphatic carbocycles. The third-order valence-electron chi connectivity index (χ3n) is 6.78. The summed E-state index contributed by atoms with van der Waals surface area (Å²) in [5.74, 6) is 0.846. The molecule has 222 valence electrons. The fourth-order valence-electron chi connectivity index (χ4n) is 5.10. The normalized spacial score (nSPS) is 18.3. The van der Waals surface area contributed by atoms with Crippen molar-refractivity contribution in [1.82, 2.24) is 24.8 Å². The molecule has 9 nitrogen and oxygen atoms in total. The second-order valence-electron chi connectivity index (χ2n) is 10.4. The van der Waals surface area contributed by atoms with Gasteiger partial charge in [0.2, 0.25) is 0 Å². The Labute approximate surface area is 242 Å². The van der Waals surface area contributed by atoms with Crippen molar-refractivity contribution in [2.45, 2.75) is 57.0 Å². The number of hydrogen-bond donors (Lipinski definition) is 1. The molecule has 4 heterocycles. The summed E-state index contributed by atoms with van der Waals surface area (Å²) in [7, 11) is -3.38. The average Bonchev–Trinajstić information content (AvgIpc) is 2.92. The Morgan fingerprint density at radius 1 is 1.05 bits per heavy atom. The number of anilines is 2. The Balaban J connectivity index is 1.56. The van der Waals surface area contributed by atoms with Crippen molar-refractivity contribution >= 4 is 32.4 Å². The van der Waals surface area contributed by atoms with Gasteiger partial charge in [-0.2, -0.15) is 13.2 Å². The standard InChI is InChI=1S/C29H31F3N6O3S/c1-4-12-42(39,40)22-9-7-21(8-10-22)35-28-27-24(36-25(37-28)17-38-15-18(2)41-19(3)16-38)13-20(14-34-27)26-23(29(30,31)32)6-5-11-33-26/h5-11,13-14,18-19H,4,12,15-17H2,1-3H3,(H,35,36,37). The number of nitrogens with one attached hydrogen (secondary N) is 1. The highest BCUT2D eigenvalue weighted by Gasteiger charge is 2.34. The smallest absolute Gasteiger partial charge is 0.373 e. The largest absolute Gasteiger partial charge is 0.418 e. The first-order chi connectivity index (χ1) is 19.9. The lowest BCUT2D eigenvalue weighted by molar-refractivity contribution is -0.137. The van der Waals surface area contributed by atoms with Gasteiger partial charge in [0, 0.05) is 36.7 Å². The van der Waals surface area contributed by atoms with Gasteiger partial charge in [-0.25, -0.2) is 23.4 Å². The number of ether oxygens (including phenoxy) is 1. The van der Waals surface area contributed by atoms with E-state index in [0.29, 0.717) is 54.4 Å². The predicted octanol–water partition coefficient (Wildman–Crippen LogP) is 5.64. The van der Waals surface area contributed by atoms with Crippen LogP contribution in [0, 0.1) is 0 Å². The van der Waals surface area contributed by atoms with Crippen LogP contribution in [0.2, 0.25) is 0 Å². The van der Waals surface area contributed by atoms with Crippen molar-refractivity contribution in [3.8, 4) is 11.3 Å². The van der Waals surface area contributed by atoms with E-state index >= 15 is 0 Å². The molecule has 2 atom stereocenters. The van der Waals surface area contributed by atoms with Crippen molar-refractivity contribution in [3.63, 3.8) is 0 Å². The van der Waals surface area contributed by atoms with E-state index in [4.69, 9.17) is 9.72 Å². The minimum atomic E-state index is -4.59. The van der Waals surface area contributed by atoms with Crippen molar-refractivity contribution in [2.75, 3.05) is 24.2 Å². The lowest BCUT2D eigenvalue weighted by Gasteiger charge is -2.34. The zero-order chi connectivity index (χ0) is 30.1. The first kappa shape index (κ1) is 29.8. The van der Waals surface area contributed by atoms with Crippen molar-refractivity contribution in [3.05, 3.63) is 66.2 Å². The number of aromatic nitrogens is 4. The van der Waals surface area contributed by atoms with E-state index in [-0.39, 0.29) is 34.1 Å². The Hall–Kier alpha value is -3.68. The van der Waals surface area contributed by atoms with E-state index in [1.165, 1.54) is 36.7 Å². The molecular weight excluding hydrogens is 569 g/mol. The molecule has 0 spiro atoms. The molecule has 1 saturated heterocycles. The predicted molar refractivity (Wildman–Crippen MR) is 153 cm³/mol. The molecule has 0 bridgehead atoms. The summed E-state index contributed by atoms with van der Waals surface area (Å²) in [5.41, 5.74) is 0.320. The lowest BCUT2D eigenvalue weighted by Crippen LogP contribution is -2.45. The second kappa shape index (κ2) is 11.9. The van der Waals surface area contributed by atoms with Crippen LogP contribution in [0.25, 0.3) is 22.3 Å². The molecule has 1 fully saturated rings. The topological polar surface area (TPSA) is 110 Å². The number of benzene rings is 1. The van der Waals surface area contributed by atoms with Gasteiger partial charge in [0.05, 0.1) is 46.2 Å². The van der Waals surface area contributed by atoms with Gasteiger partial charge in [-0.3, -0.25) is 9.88 Å². The summed E-state index contributed by atoms with van der Waals surface area (Å²) >= 11 is 0. The monoisotopic (exact) mass is 600 g/mol. The summed E-state index contributed by atoms with van der Waals surface area (Å²) in [4.78, 5) is 20.2. The third-order valence-corrected chi connectivity index (χ3v) is 8.71. The zero-order valence-corrected chi connectivity index (χ0v) is 24.2. The first-order valence-electron chi connectivity index (χ1n) is 13.6. The van der Waals surface area contributed by atoms with E-state index in [1.807, 2.05) is 13.8 Å². The molecule has 42 heavy (non-hydrogen) atoms. The first-order valence-corrected chi connectivity index (χ1v) is 15.2. The summed E-state index contributed by atoms with van der Waals surface area (Å²) < 4.78 is 71.9. The van der Waals surface area contributed by atoms with Crippen LogP contribution in [-0.2, 0) is 27.3 Å². The van der Waals surface area contributed by atoms with Gasteiger partial charge in [-0.1, -0.05) is 6.92 Å². The average molecular weight is 601 g/mol. The molecule has 0 saturated carbocycles. The van der Waals surface area contributed by atoms with Crippen LogP contribution >= 0.6 is 0 Å². The van der Waals surface area contributed by atoms with E-state index in [1.54, 1.807) is 19.1 Å². The molecule has 1 aromatic carbocycles. The number of morpholine rings is 1. The van der Waals surface area contributed by atoms with E-state index in [2.05, 4.69) is 25.2 Å². The Kier molecular flexibility index (Phi) is 8.44. The molecule has 1 N–H and O–H groups in total. The van der Waals surface area contributed by atoms with Crippen LogP contribution in [0.1, 0.15) is 38.6 Å². The molecule has 3 aromatic heterocycles. The fourth-order valence-corrected chi connectivity index (χ4v) is 6.42. The van der Waals surface area contributed by atoms with Crippen LogP contribution in [0.5, 0.6) is 0 Å². The Morgan fingerprint density at radius 2 is 1.76 bits per heavy atom. The van der Waals surface area contributed by atoms with Gasteiger partial charge < -0.3 is 10.1 Å². The summed E-state index contributed by atoms with van der Waals surface area (Å²) in [5, 5.41) is 3.20. The van der Waals surface area contributed by atoms with Crippen molar-refractivity contribution in [2.24, 2.45) is 0 Å². The zero-order valence-electron chi connectivity index (χ0n) is 23.4. The summed E-state index contributed by atoms with van der Waals surface area (Å²) in [6.07, 6.45) is -1.42. The highest BCUT2D eigenvalue weighted by Crippen LogP contribution is 2.36. The fraction of sp³-hybridized carbons (Fsp3) is 0.379. The molecule has 2 unspecified atom stereocenters. The van der Waals surface area contributed by atoms with Crippen LogP contribution in [-0.4, -0.2) is 64.3 Å². The third kappa shape index (κ3) is 6.69. The minimum Gasteiger partial charge on any atom is -0.373 e. The minimum absolute atomic E-state index is 0.0208. The SMILES string of the molecule is CCCS(=O)(=O)c1ccc(Nc2nc(CN3CC(C)OC(C)C3)nc3cc(-c4ncccc4C(F)(F)F)cnc23)cc1. The van der Waals surface area contributed by atoms with Gasteiger partial charge in [0.25, 0.3) is 0 Å². The maximum Gasteiger partial charge on any atom is 0.418 e. The van der Waals surface area contributed by atoms with Crippen LogP contribution < -0.4 is 5.32 Å². The van der Waals surface area contributed by atoms with E-state index in [9.17, 15) is 21.6 Å². The molecule has 4 aromatic rings. The number of fused-ring (bicyclic) bond motifs is 1. The molecule has 0 radical (unpaired) electrons. The van der Waals surface area contributed by atoms with Crippen molar-refractivity contribution < 1.29 is 26.3 Å². The van der Waals surface area contributed by atoms with Gasteiger partial charge in [-0.05, 0) is 62.7 Å². The highest BCUT2D eigenvalue weighted by atomic mass is 32.2. The molecular formula is C29H31F3N6O3S.